The van der Waals surface area contributed by atoms with Crippen LogP contribution in [-0.4, -0.2) is 24.3 Å². The molecule has 1 aliphatic heterocycles. The van der Waals surface area contributed by atoms with Crippen molar-refractivity contribution in [1.29, 1.82) is 0 Å². The van der Waals surface area contributed by atoms with Crippen LogP contribution in [0.1, 0.15) is 25.3 Å². The molecular weight excluding hydrogens is 330 g/mol. The summed E-state index contributed by atoms with van der Waals surface area (Å²) in [4.78, 5) is 36.7. The lowest BCUT2D eigenvalue weighted by atomic mass is 10.1. The van der Waals surface area contributed by atoms with Crippen LogP contribution in [0.4, 0.5) is 17.1 Å². The third-order valence-corrected chi connectivity index (χ3v) is 4.18. The van der Waals surface area contributed by atoms with Gasteiger partial charge in [0.05, 0.1) is 6.42 Å². The van der Waals surface area contributed by atoms with Crippen LogP contribution < -0.4 is 15.5 Å². The quantitative estimate of drug-likeness (QED) is 0.869. The maximum atomic E-state index is 12.2. The van der Waals surface area contributed by atoms with E-state index in [-0.39, 0.29) is 24.1 Å². The molecule has 0 radical (unpaired) electrons. The first-order valence-electron chi connectivity index (χ1n) is 8.58. The van der Waals surface area contributed by atoms with Gasteiger partial charge in [0.25, 0.3) is 0 Å². The average molecular weight is 351 g/mol. The van der Waals surface area contributed by atoms with Gasteiger partial charge in [0.1, 0.15) is 0 Å². The highest BCUT2D eigenvalue weighted by atomic mass is 16.2. The zero-order valence-electron chi connectivity index (χ0n) is 14.6. The molecule has 0 spiro atoms. The maximum Gasteiger partial charge on any atom is 0.228 e. The molecule has 0 bridgehead atoms. The predicted molar refractivity (Wildman–Crippen MR) is 101 cm³/mol. The standard InChI is InChI=1S/C20H21N3O3/c1-14(24)21-16-6-8-17(9-7-16)22-19(25)13-15-4-10-18(11-5-15)23-12-2-3-20(23)26/h4-11H,2-3,12-13H2,1H3,(H,21,24)(H,22,25). The van der Waals surface area contributed by atoms with E-state index in [4.69, 9.17) is 0 Å². The lowest BCUT2D eigenvalue weighted by molar-refractivity contribution is -0.117. The second-order valence-corrected chi connectivity index (χ2v) is 6.30. The fraction of sp³-hybridized carbons (Fsp3) is 0.250. The van der Waals surface area contributed by atoms with Crippen molar-refractivity contribution in [2.75, 3.05) is 22.1 Å². The Balaban J connectivity index is 1.56. The Bertz CT molecular complexity index is 813. The Morgan fingerprint density at radius 2 is 1.58 bits per heavy atom. The Hall–Kier alpha value is -3.15. The van der Waals surface area contributed by atoms with Gasteiger partial charge >= 0.3 is 0 Å². The summed E-state index contributed by atoms with van der Waals surface area (Å²) in [5.74, 6) is -0.110. The van der Waals surface area contributed by atoms with Crippen molar-refractivity contribution < 1.29 is 14.4 Å². The molecule has 2 aromatic carbocycles. The van der Waals surface area contributed by atoms with Gasteiger partial charge in [-0.1, -0.05) is 12.1 Å². The Morgan fingerprint density at radius 3 is 2.12 bits per heavy atom. The minimum atomic E-state index is -0.138. The van der Waals surface area contributed by atoms with E-state index in [2.05, 4.69) is 10.6 Å². The van der Waals surface area contributed by atoms with E-state index in [1.807, 2.05) is 24.3 Å². The van der Waals surface area contributed by atoms with Crippen molar-refractivity contribution in [3.05, 3.63) is 54.1 Å². The first kappa shape index (κ1) is 17.7. The normalized spacial score (nSPS) is 13.6. The Labute approximate surface area is 152 Å². The molecule has 6 heteroatoms. The number of amides is 3. The van der Waals surface area contributed by atoms with Gasteiger partial charge < -0.3 is 15.5 Å². The summed E-state index contributed by atoms with van der Waals surface area (Å²) in [6, 6.07) is 14.5. The van der Waals surface area contributed by atoms with Crippen LogP contribution in [0, 0.1) is 0 Å². The predicted octanol–water partition coefficient (Wildman–Crippen LogP) is 2.95. The van der Waals surface area contributed by atoms with Crippen LogP contribution in [0.15, 0.2) is 48.5 Å². The molecule has 134 valence electrons. The van der Waals surface area contributed by atoms with Crippen molar-refractivity contribution in [2.24, 2.45) is 0 Å². The van der Waals surface area contributed by atoms with Crippen LogP contribution in [0.5, 0.6) is 0 Å². The molecule has 6 nitrogen and oxygen atoms in total. The van der Waals surface area contributed by atoms with Crippen molar-refractivity contribution in [2.45, 2.75) is 26.2 Å². The molecule has 3 rings (SSSR count). The summed E-state index contributed by atoms with van der Waals surface area (Å²) in [6.07, 6.45) is 1.75. The van der Waals surface area contributed by atoms with Gasteiger partial charge in [0.2, 0.25) is 17.7 Å². The van der Waals surface area contributed by atoms with Crippen molar-refractivity contribution in [1.82, 2.24) is 0 Å². The molecule has 0 aromatic heterocycles. The number of benzene rings is 2. The van der Waals surface area contributed by atoms with Crippen molar-refractivity contribution in [3.63, 3.8) is 0 Å². The van der Waals surface area contributed by atoms with Crippen LogP contribution in [0.3, 0.4) is 0 Å². The Kier molecular flexibility index (Phi) is 5.31. The van der Waals surface area contributed by atoms with Crippen LogP contribution in [0.25, 0.3) is 0 Å². The van der Waals surface area contributed by atoms with Crippen LogP contribution >= 0.6 is 0 Å². The number of rotatable bonds is 5. The molecular formula is C20H21N3O3. The van der Waals surface area contributed by atoms with Gasteiger partial charge in [-0.3, -0.25) is 14.4 Å². The van der Waals surface area contributed by atoms with Gasteiger partial charge in [0, 0.05) is 37.0 Å². The van der Waals surface area contributed by atoms with Gasteiger partial charge in [-0.2, -0.15) is 0 Å². The van der Waals surface area contributed by atoms with E-state index < -0.39 is 0 Å². The molecule has 0 saturated carbocycles. The molecule has 2 aromatic rings. The van der Waals surface area contributed by atoms with E-state index >= 15 is 0 Å². The summed E-state index contributed by atoms with van der Waals surface area (Å²) >= 11 is 0. The monoisotopic (exact) mass is 351 g/mol. The SMILES string of the molecule is CC(=O)Nc1ccc(NC(=O)Cc2ccc(N3CCCC3=O)cc2)cc1. The molecule has 1 fully saturated rings. The second-order valence-electron chi connectivity index (χ2n) is 6.30. The van der Waals surface area contributed by atoms with Crippen LogP contribution in [0.2, 0.25) is 0 Å². The van der Waals surface area contributed by atoms with E-state index in [0.717, 1.165) is 24.2 Å². The van der Waals surface area contributed by atoms with Crippen molar-refractivity contribution >= 4 is 34.8 Å². The lowest BCUT2D eigenvalue weighted by Gasteiger charge is -2.15. The van der Waals surface area contributed by atoms with E-state index in [1.54, 1.807) is 29.2 Å². The third kappa shape index (κ3) is 4.47. The summed E-state index contributed by atoms with van der Waals surface area (Å²) in [7, 11) is 0. The molecule has 0 aliphatic carbocycles. The molecule has 1 saturated heterocycles. The van der Waals surface area contributed by atoms with E-state index in [0.29, 0.717) is 17.8 Å². The maximum absolute atomic E-state index is 12.2. The summed E-state index contributed by atoms with van der Waals surface area (Å²) < 4.78 is 0. The number of nitrogens with one attached hydrogen (secondary N) is 2. The minimum absolute atomic E-state index is 0.123. The molecule has 2 N–H and O–H groups in total. The number of anilines is 3. The summed E-state index contributed by atoms with van der Waals surface area (Å²) in [6.45, 7) is 2.20. The number of hydrogen-bond acceptors (Lipinski definition) is 3. The number of carbonyl (C=O) groups excluding carboxylic acids is 3. The van der Waals surface area contributed by atoms with Gasteiger partial charge in [-0.05, 0) is 48.4 Å². The second kappa shape index (κ2) is 7.82. The topological polar surface area (TPSA) is 78.5 Å². The fourth-order valence-electron chi connectivity index (χ4n) is 2.95. The molecule has 0 atom stereocenters. The first-order valence-corrected chi connectivity index (χ1v) is 8.58. The number of nitrogens with zero attached hydrogens (tertiary/aromatic N) is 1. The van der Waals surface area contributed by atoms with Gasteiger partial charge in [0.15, 0.2) is 0 Å². The fourth-order valence-corrected chi connectivity index (χ4v) is 2.95. The number of hydrogen-bond donors (Lipinski definition) is 2. The smallest absolute Gasteiger partial charge is 0.228 e. The zero-order chi connectivity index (χ0) is 18.5. The summed E-state index contributed by atoms with van der Waals surface area (Å²) in [5, 5.41) is 5.51. The van der Waals surface area contributed by atoms with Gasteiger partial charge in [-0.25, -0.2) is 0 Å². The number of carbonyl (C=O) groups is 3. The van der Waals surface area contributed by atoms with Gasteiger partial charge in [-0.15, -0.1) is 0 Å². The molecule has 1 heterocycles. The first-order chi connectivity index (χ1) is 12.5. The minimum Gasteiger partial charge on any atom is -0.326 e. The average Bonchev–Trinajstić information content (AvgIpc) is 3.03. The molecule has 3 amide bonds. The molecule has 1 aliphatic rings. The van der Waals surface area contributed by atoms with E-state index in [9.17, 15) is 14.4 Å². The lowest BCUT2D eigenvalue weighted by Crippen LogP contribution is -2.23. The highest BCUT2D eigenvalue weighted by Gasteiger charge is 2.21. The van der Waals surface area contributed by atoms with Crippen molar-refractivity contribution in [3.8, 4) is 0 Å². The molecule has 0 unspecified atom stereocenters. The third-order valence-electron chi connectivity index (χ3n) is 4.18. The zero-order valence-corrected chi connectivity index (χ0v) is 14.6. The summed E-state index contributed by atoms with van der Waals surface area (Å²) in [5.41, 5.74) is 3.11. The van der Waals surface area contributed by atoms with Crippen LogP contribution in [-0.2, 0) is 20.8 Å². The van der Waals surface area contributed by atoms with E-state index in [1.165, 1.54) is 6.92 Å². The Morgan fingerprint density at radius 1 is 0.962 bits per heavy atom. The largest absolute Gasteiger partial charge is 0.326 e. The molecule has 26 heavy (non-hydrogen) atoms. The highest BCUT2D eigenvalue weighted by Crippen LogP contribution is 2.22. The highest BCUT2D eigenvalue weighted by molar-refractivity contribution is 5.96.